The SMILES string of the molecule is c1ccc(-c2nc3cccc(-c4cccc(N(c5ccc6c7ccc8ccccc8c7n(-c7ccccc7)c6c5)c5ccccc5-c5ccccc5)c4)c3o2)cc1. The first kappa shape index (κ1) is 32.7. The van der Waals surface area contributed by atoms with Crippen LogP contribution in [0.4, 0.5) is 17.1 Å². The molecule has 268 valence electrons. The van der Waals surface area contributed by atoms with Crippen LogP contribution < -0.4 is 4.90 Å². The van der Waals surface area contributed by atoms with Crippen LogP contribution in [0.15, 0.2) is 217 Å². The number of aromatic nitrogens is 2. The third kappa shape index (κ3) is 5.58. The number of nitrogens with zero attached hydrogens (tertiary/aromatic N) is 3. The third-order valence-corrected chi connectivity index (χ3v) is 11.0. The molecule has 0 atom stereocenters. The second-order valence-electron chi connectivity index (χ2n) is 14.4. The summed E-state index contributed by atoms with van der Waals surface area (Å²) >= 11 is 0. The quantitative estimate of drug-likeness (QED) is 0.164. The van der Waals surface area contributed by atoms with Crippen LogP contribution in [0.25, 0.3) is 83.1 Å². The Labute approximate surface area is 330 Å². The minimum atomic E-state index is 0.613. The van der Waals surface area contributed by atoms with Crippen LogP contribution in [0.1, 0.15) is 0 Å². The maximum absolute atomic E-state index is 6.52. The highest BCUT2D eigenvalue weighted by Gasteiger charge is 2.22. The highest BCUT2D eigenvalue weighted by molar-refractivity contribution is 6.19. The number of fused-ring (bicyclic) bond motifs is 6. The molecule has 2 heterocycles. The van der Waals surface area contributed by atoms with Crippen molar-refractivity contribution in [1.29, 1.82) is 0 Å². The normalized spacial score (nSPS) is 11.5. The Bertz CT molecular complexity index is 3240. The molecule has 2 aromatic heterocycles. The first-order valence-corrected chi connectivity index (χ1v) is 19.3. The molecule has 0 saturated carbocycles. The van der Waals surface area contributed by atoms with Crippen LogP contribution in [0.2, 0.25) is 0 Å². The fraction of sp³-hybridized carbons (Fsp3) is 0. The molecule has 0 radical (unpaired) electrons. The van der Waals surface area contributed by atoms with Crippen molar-refractivity contribution in [2.24, 2.45) is 0 Å². The van der Waals surface area contributed by atoms with Crippen LogP contribution >= 0.6 is 0 Å². The van der Waals surface area contributed by atoms with Crippen molar-refractivity contribution >= 4 is 60.7 Å². The molecule has 0 amide bonds. The van der Waals surface area contributed by atoms with E-state index >= 15 is 0 Å². The van der Waals surface area contributed by atoms with Gasteiger partial charge < -0.3 is 13.9 Å². The van der Waals surface area contributed by atoms with Gasteiger partial charge in [-0.25, -0.2) is 4.98 Å². The molecule has 0 spiro atoms. The van der Waals surface area contributed by atoms with Crippen molar-refractivity contribution in [2.45, 2.75) is 0 Å². The van der Waals surface area contributed by atoms with Crippen LogP contribution in [-0.4, -0.2) is 9.55 Å². The van der Waals surface area contributed by atoms with E-state index in [9.17, 15) is 0 Å². The number of anilines is 3. The lowest BCUT2D eigenvalue weighted by Crippen LogP contribution is -2.11. The van der Waals surface area contributed by atoms with Gasteiger partial charge in [0.05, 0.1) is 16.7 Å². The lowest BCUT2D eigenvalue weighted by Gasteiger charge is -2.28. The summed E-state index contributed by atoms with van der Waals surface area (Å²) in [5, 5.41) is 4.89. The minimum Gasteiger partial charge on any atom is -0.435 e. The summed E-state index contributed by atoms with van der Waals surface area (Å²) in [6.45, 7) is 0. The molecule has 9 aromatic carbocycles. The van der Waals surface area contributed by atoms with Crippen molar-refractivity contribution in [3.8, 4) is 39.4 Å². The summed E-state index contributed by atoms with van der Waals surface area (Å²) in [5.41, 5.74) is 13.5. The van der Waals surface area contributed by atoms with Gasteiger partial charge >= 0.3 is 0 Å². The number of para-hydroxylation sites is 3. The molecule has 4 heteroatoms. The molecule has 0 saturated heterocycles. The predicted octanol–water partition coefficient (Wildman–Crippen LogP) is 14.5. The largest absolute Gasteiger partial charge is 0.435 e. The number of hydrogen-bond donors (Lipinski definition) is 0. The van der Waals surface area contributed by atoms with Gasteiger partial charge in [-0.3, -0.25) is 0 Å². The standard InChI is InChI=1S/C53H35N3O/c1-4-16-36(17-5-1)43-25-12-13-29-49(43)55(41-24-14-21-39(34-41)45-27-15-28-48-52(45)57-53(54-48)38-19-6-2-7-20-38)42-31-33-46-47-32-30-37-18-10-11-26-44(37)51(47)56(50(46)35-42)40-22-8-3-9-23-40/h1-35H. The van der Waals surface area contributed by atoms with Crippen LogP contribution in [0.3, 0.4) is 0 Å². The van der Waals surface area contributed by atoms with E-state index < -0.39 is 0 Å². The molecule has 11 aromatic rings. The monoisotopic (exact) mass is 729 g/mol. The first-order chi connectivity index (χ1) is 28.3. The number of hydrogen-bond acceptors (Lipinski definition) is 3. The van der Waals surface area contributed by atoms with Gasteiger partial charge in [-0.15, -0.1) is 0 Å². The molecule has 0 N–H and O–H groups in total. The van der Waals surface area contributed by atoms with E-state index in [4.69, 9.17) is 9.40 Å². The second kappa shape index (κ2) is 13.6. The van der Waals surface area contributed by atoms with Crippen molar-refractivity contribution < 1.29 is 4.42 Å². The lowest BCUT2D eigenvalue weighted by molar-refractivity contribution is 0.621. The topological polar surface area (TPSA) is 34.2 Å². The average molecular weight is 730 g/mol. The van der Waals surface area contributed by atoms with Crippen molar-refractivity contribution in [2.75, 3.05) is 4.90 Å². The maximum atomic E-state index is 6.52. The number of oxazole rings is 1. The molecule has 11 rings (SSSR count). The molecule has 0 unspecified atom stereocenters. The van der Waals surface area contributed by atoms with E-state index in [1.54, 1.807) is 0 Å². The van der Waals surface area contributed by atoms with E-state index in [0.717, 1.165) is 67.2 Å². The van der Waals surface area contributed by atoms with Crippen LogP contribution in [0, 0.1) is 0 Å². The molecule has 0 aliphatic rings. The maximum Gasteiger partial charge on any atom is 0.227 e. The predicted molar refractivity (Wildman–Crippen MR) is 237 cm³/mol. The van der Waals surface area contributed by atoms with Gasteiger partial charge in [-0.1, -0.05) is 152 Å². The fourth-order valence-corrected chi connectivity index (χ4v) is 8.40. The number of benzene rings is 9. The molecule has 57 heavy (non-hydrogen) atoms. The summed E-state index contributed by atoms with van der Waals surface area (Å²) in [6, 6.07) is 75.2. The summed E-state index contributed by atoms with van der Waals surface area (Å²) in [7, 11) is 0. The first-order valence-electron chi connectivity index (χ1n) is 19.3. The van der Waals surface area contributed by atoms with Gasteiger partial charge in [0.1, 0.15) is 5.52 Å². The molecule has 0 aliphatic carbocycles. The van der Waals surface area contributed by atoms with Gasteiger partial charge in [-0.05, 0) is 77.2 Å². The van der Waals surface area contributed by atoms with Gasteiger partial charge in [-0.2, -0.15) is 0 Å². The minimum absolute atomic E-state index is 0.613. The number of rotatable bonds is 7. The Morgan fingerprint density at radius 2 is 1.09 bits per heavy atom. The Morgan fingerprint density at radius 3 is 1.93 bits per heavy atom. The molecular formula is C53H35N3O. The summed E-state index contributed by atoms with van der Waals surface area (Å²) in [4.78, 5) is 7.28. The van der Waals surface area contributed by atoms with E-state index in [-0.39, 0.29) is 0 Å². The highest BCUT2D eigenvalue weighted by Crippen LogP contribution is 2.45. The van der Waals surface area contributed by atoms with E-state index in [1.807, 2.05) is 36.4 Å². The van der Waals surface area contributed by atoms with Crippen LogP contribution in [-0.2, 0) is 0 Å². The average Bonchev–Trinajstić information content (AvgIpc) is 3.88. The van der Waals surface area contributed by atoms with Crippen LogP contribution in [0.5, 0.6) is 0 Å². The second-order valence-corrected chi connectivity index (χ2v) is 14.4. The summed E-state index contributed by atoms with van der Waals surface area (Å²) in [6.07, 6.45) is 0. The Hall–Kier alpha value is -7.69. The Kier molecular flexibility index (Phi) is 7.78. The van der Waals surface area contributed by atoms with Gasteiger partial charge in [0, 0.05) is 49.9 Å². The highest BCUT2D eigenvalue weighted by atomic mass is 16.3. The fourth-order valence-electron chi connectivity index (χ4n) is 8.40. The zero-order valence-electron chi connectivity index (χ0n) is 31.0. The third-order valence-electron chi connectivity index (χ3n) is 11.0. The van der Waals surface area contributed by atoms with Gasteiger partial charge in [0.25, 0.3) is 0 Å². The zero-order valence-corrected chi connectivity index (χ0v) is 31.0. The lowest BCUT2D eigenvalue weighted by atomic mass is 10.00. The van der Waals surface area contributed by atoms with Crippen molar-refractivity contribution in [1.82, 2.24) is 9.55 Å². The molecule has 0 fully saturated rings. The molecule has 0 aliphatic heterocycles. The Morgan fingerprint density at radius 1 is 0.439 bits per heavy atom. The van der Waals surface area contributed by atoms with Crippen molar-refractivity contribution in [3.63, 3.8) is 0 Å². The van der Waals surface area contributed by atoms with E-state index in [0.29, 0.717) is 5.89 Å². The zero-order chi connectivity index (χ0) is 37.7. The smallest absolute Gasteiger partial charge is 0.227 e. The van der Waals surface area contributed by atoms with Crippen molar-refractivity contribution in [3.05, 3.63) is 212 Å². The summed E-state index contributed by atoms with van der Waals surface area (Å²) in [5.74, 6) is 0.613. The van der Waals surface area contributed by atoms with Gasteiger partial charge in [0.2, 0.25) is 5.89 Å². The van der Waals surface area contributed by atoms with Gasteiger partial charge in [0.15, 0.2) is 5.58 Å². The summed E-state index contributed by atoms with van der Waals surface area (Å²) < 4.78 is 8.96. The van der Waals surface area contributed by atoms with E-state index in [1.165, 1.54) is 27.1 Å². The molecule has 4 nitrogen and oxygen atoms in total. The molecular weight excluding hydrogens is 695 g/mol. The Balaban J connectivity index is 1.16. The van der Waals surface area contributed by atoms with E-state index in [2.05, 4.69) is 185 Å². The molecule has 0 bridgehead atoms.